The monoisotopic (exact) mass is 410 g/mol. The van der Waals surface area contributed by atoms with Crippen molar-refractivity contribution in [2.24, 2.45) is 12.8 Å². The van der Waals surface area contributed by atoms with Crippen LogP contribution in [0.15, 0.2) is 30.3 Å². The van der Waals surface area contributed by atoms with Gasteiger partial charge in [0.25, 0.3) is 11.8 Å². The van der Waals surface area contributed by atoms with Gasteiger partial charge < -0.3 is 21.1 Å². The van der Waals surface area contributed by atoms with Gasteiger partial charge in [-0.1, -0.05) is 6.07 Å². The summed E-state index contributed by atoms with van der Waals surface area (Å²) in [6, 6.07) is 8.21. The summed E-state index contributed by atoms with van der Waals surface area (Å²) in [5.41, 5.74) is 8.21. The molecule has 4 N–H and O–H groups in total. The van der Waals surface area contributed by atoms with Crippen LogP contribution < -0.4 is 21.1 Å². The van der Waals surface area contributed by atoms with Crippen LogP contribution >= 0.6 is 0 Å². The molecule has 0 atom stereocenters. The minimum atomic E-state index is -0.646. The zero-order chi connectivity index (χ0) is 21.8. The molecule has 3 amide bonds. The number of amides is 3. The maximum absolute atomic E-state index is 12.3. The molecule has 0 aliphatic heterocycles. The molecular formula is C20H22N6O4. The molecular weight excluding hydrogens is 388 g/mol. The van der Waals surface area contributed by atoms with Crippen LogP contribution in [0.4, 0.5) is 5.69 Å². The number of primary amides is 1. The Balaban J connectivity index is 1.66. The normalized spacial score (nSPS) is 10.6. The Kier molecular flexibility index (Phi) is 5.95. The number of nitrogens with two attached hydrogens (primary N) is 1. The number of carbonyl (C=O) groups excluding carboxylic acids is 3. The number of nitrogens with one attached hydrogen (secondary N) is 2. The van der Waals surface area contributed by atoms with Crippen LogP contribution in [0.25, 0.3) is 11.0 Å². The van der Waals surface area contributed by atoms with Crippen LogP contribution in [0.3, 0.4) is 0 Å². The van der Waals surface area contributed by atoms with Gasteiger partial charge in [-0.25, -0.2) is 9.67 Å². The van der Waals surface area contributed by atoms with Crippen LogP contribution in [0.5, 0.6) is 5.88 Å². The third-order valence-corrected chi connectivity index (χ3v) is 4.26. The molecule has 0 aliphatic carbocycles. The van der Waals surface area contributed by atoms with E-state index in [4.69, 9.17) is 10.5 Å². The van der Waals surface area contributed by atoms with E-state index in [0.717, 1.165) is 16.6 Å². The van der Waals surface area contributed by atoms with Crippen molar-refractivity contribution in [1.82, 2.24) is 20.1 Å². The van der Waals surface area contributed by atoms with Crippen molar-refractivity contribution < 1.29 is 19.1 Å². The lowest BCUT2D eigenvalue weighted by atomic mass is 10.2. The zero-order valence-corrected chi connectivity index (χ0v) is 16.9. The van der Waals surface area contributed by atoms with E-state index in [1.54, 1.807) is 29.9 Å². The van der Waals surface area contributed by atoms with Gasteiger partial charge in [-0.3, -0.25) is 14.4 Å². The molecule has 2 aromatic heterocycles. The maximum atomic E-state index is 12.3. The molecule has 3 rings (SSSR count). The Labute approximate surface area is 172 Å². The predicted molar refractivity (Wildman–Crippen MR) is 110 cm³/mol. The number of aromatic nitrogens is 3. The molecule has 156 valence electrons. The van der Waals surface area contributed by atoms with E-state index in [0.29, 0.717) is 17.2 Å². The highest BCUT2D eigenvalue weighted by atomic mass is 16.5. The van der Waals surface area contributed by atoms with Crippen molar-refractivity contribution in [2.75, 3.05) is 18.5 Å². The summed E-state index contributed by atoms with van der Waals surface area (Å²) in [6.07, 6.45) is 0. The van der Waals surface area contributed by atoms with Crippen molar-refractivity contribution in [1.29, 1.82) is 0 Å². The van der Waals surface area contributed by atoms with E-state index in [1.165, 1.54) is 6.07 Å². The number of rotatable bonds is 7. The summed E-state index contributed by atoms with van der Waals surface area (Å²) >= 11 is 0. The quantitative estimate of drug-likeness (QED) is 0.526. The number of hydrogen-bond acceptors (Lipinski definition) is 6. The van der Waals surface area contributed by atoms with Crippen molar-refractivity contribution in [3.8, 4) is 5.88 Å². The first-order chi connectivity index (χ1) is 14.2. The molecule has 0 spiro atoms. The molecule has 10 nitrogen and oxygen atoms in total. The first kappa shape index (κ1) is 20.8. The number of hydrogen-bond donors (Lipinski definition) is 3. The van der Waals surface area contributed by atoms with Crippen LogP contribution in [-0.4, -0.2) is 45.6 Å². The highest BCUT2D eigenvalue weighted by Gasteiger charge is 2.16. The molecule has 0 saturated heterocycles. The number of carbonyl (C=O) groups is 3. The smallest absolute Gasteiger partial charge is 0.262 e. The molecule has 10 heteroatoms. The van der Waals surface area contributed by atoms with E-state index < -0.39 is 17.7 Å². The number of nitrogens with zero attached hydrogens (tertiary/aromatic N) is 3. The zero-order valence-electron chi connectivity index (χ0n) is 16.9. The molecule has 1 aromatic carbocycles. The molecule has 0 fully saturated rings. The second-order valence-corrected chi connectivity index (χ2v) is 6.77. The van der Waals surface area contributed by atoms with E-state index >= 15 is 0 Å². The Morgan fingerprint density at radius 3 is 2.70 bits per heavy atom. The fourth-order valence-corrected chi connectivity index (χ4v) is 2.99. The minimum Gasteiger partial charge on any atom is -0.466 e. The first-order valence-corrected chi connectivity index (χ1v) is 9.14. The second kappa shape index (κ2) is 8.60. The maximum Gasteiger partial charge on any atom is 0.262 e. The average Bonchev–Trinajstić information content (AvgIpc) is 3.00. The van der Waals surface area contributed by atoms with Gasteiger partial charge in [0.15, 0.2) is 12.3 Å². The predicted octanol–water partition coefficient (Wildman–Crippen LogP) is 0.818. The van der Waals surface area contributed by atoms with E-state index in [-0.39, 0.29) is 18.7 Å². The molecule has 0 aliphatic rings. The second-order valence-electron chi connectivity index (χ2n) is 6.77. The Hall–Kier alpha value is -3.95. The van der Waals surface area contributed by atoms with Crippen LogP contribution in [-0.2, 0) is 16.6 Å². The van der Waals surface area contributed by atoms with Gasteiger partial charge in [0.1, 0.15) is 0 Å². The Bertz CT molecular complexity index is 1140. The molecule has 30 heavy (non-hydrogen) atoms. The van der Waals surface area contributed by atoms with Crippen LogP contribution in [0, 0.1) is 13.8 Å². The number of ether oxygens (including phenoxy) is 1. The SMILES string of the molecule is Cc1cc(C)c2c(OCC(=O)Nc3cccc(C(=O)NCC(N)=O)c3)nn(C)c2n1. The van der Waals surface area contributed by atoms with Crippen molar-refractivity contribution in [2.45, 2.75) is 13.8 Å². The van der Waals surface area contributed by atoms with Gasteiger partial charge in [0.05, 0.1) is 11.9 Å². The molecule has 3 aromatic rings. The summed E-state index contributed by atoms with van der Waals surface area (Å²) < 4.78 is 7.23. The van der Waals surface area contributed by atoms with Gasteiger partial charge in [0, 0.05) is 24.0 Å². The lowest BCUT2D eigenvalue weighted by molar-refractivity contribution is -0.118. The average molecular weight is 410 g/mol. The van der Waals surface area contributed by atoms with Crippen molar-refractivity contribution in [3.63, 3.8) is 0 Å². The van der Waals surface area contributed by atoms with Gasteiger partial charge in [0.2, 0.25) is 11.8 Å². The number of fused-ring (bicyclic) bond motifs is 1. The summed E-state index contributed by atoms with van der Waals surface area (Å²) in [5, 5.41) is 10.1. The highest BCUT2D eigenvalue weighted by Crippen LogP contribution is 2.27. The van der Waals surface area contributed by atoms with Gasteiger partial charge in [-0.2, -0.15) is 0 Å². The molecule has 0 radical (unpaired) electrons. The van der Waals surface area contributed by atoms with E-state index in [9.17, 15) is 14.4 Å². The fourth-order valence-electron chi connectivity index (χ4n) is 2.99. The Morgan fingerprint density at radius 2 is 1.97 bits per heavy atom. The third-order valence-electron chi connectivity index (χ3n) is 4.26. The largest absolute Gasteiger partial charge is 0.466 e. The van der Waals surface area contributed by atoms with Gasteiger partial charge in [-0.15, -0.1) is 5.10 Å². The van der Waals surface area contributed by atoms with Crippen molar-refractivity contribution in [3.05, 3.63) is 47.2 Å². The fraction of sp³-hybridized carbons (Fsp3) is 0.250. The number of aryl methyl sites for hydroxylation is 3. The van der Waals surface area contributed by atoms with Crippen LogP contribution in [0.1, 0.15) is 21.6 Å². The van der Waals surface area contributed by atoms with Crippen molar-refractivity contribution >= 4 is 34.4 Å². The number of anilines is 1. The standard InChI is InChI=1S/C20H22N6O4/c1-11-7-12(2)23-18-17(11)20(25-26(18)3)30-10-16(28)24-14-6-4-5-13(8-14)19(29)22-9-15(21)27/h4-8H,9-10H2,1-3H3,(H2,21,27)(H,22,29)(H,24,28). The van der Waals surface area contributed by atoms with E-state index in [2.05, 4.69) is 20.7 Å². The highest BCUT2D eigenvalue weighted by molar-refractivity contribution is 5.98. The third kappa shape index (κ3) is 4.72. The summed E-state index contributed by atoms with van der Waals surface area (Å²) in [5.74, 6) is -1.21. The number of benzene rings is 1. The first-order valence-electron chi connectivity index (χ1n) is 9.14. The lowest BCUT2D eigenvalue weighted by Crippen LogP contribution is -2.33. The van der Waals surface area contributed by atoms with Crippen LogP contribution in [0.2, 0.25) is 0 Å². The molecule has 0 saturated carbocycles. The molecule has 0 bridgehead atoms. The van der Waals surface area contributed by atoms with E-state index in [1.807, 2.05) is 19.9 Å². The Morgan fingerprint density at radius 1 is 1.20 bits per heavy atom. The molecule has 0 unspecified atom stereocenters. The van der Waals surface area contributed by atoms with Gasteiger partial charge in [-0.05, 0) is 43.7 Å². The lowest BCUT2D eigenvalue weighted by Gasteiger charge is -2.08. The minimum absolute atomic E-state index is 0.266. The topological polar surface area (TPSA) is 141 Å². The summed E-state index contributed by atoms with van der Waals surface area (Å²) in [6.45, 7) is 3.29. The summed E-state index contributed by atoms with van der Waals surface area (Å²) in [4.78, 5) is 39.6. The van der Waals surface area contributed by atoms with Gasteiger partial charge >= 0.3 is 0 Å². The number of pyridine rings is 1. The molecule has 2 heterocycles. The summed E-state index contributed by atoms with van der Waals surface area (Å²) in [7, 11) is 1.76.